The number of nitrogens with one attached hydrogen (secondary N) is 1. The van der Waals surface area contributed by atoms with Crippen molar-refractivity contribution in [3.05, 3.63) is 65.2 Å². The van der Waals surface area contributed by atoms with Crippen LogP contribution >= 0.6 is 23.7 Å². The molecule has 0 spiro atoms. The fourth-order valence-electron chi connectivity index (χ4n) is 2.93. The standard InChI is InChI=1S/C21H18N4O3S2/c1-27-16-9-8-14(11-17(16)28-2)10-15-18(22)25-20(23-19(15)26)30-24-21(25)29-12-13-6-4-3-5-7-13/h3-11,22H,12H2,1-2H3/b15-10-,22-18?. The van der Waals surface area contributed by atoms with Crippen LogP contribution < -0.4 is 9.47 Å². The topological polar surface area (TPSA) is 87.3 Å². The number of fused-ring (bicyclic) bond motifs is 1. The van der Waals surface area contributed by atoms with Gasteiger partial charge in [0.1, 0.15) is 5.84 Å². The molecule has 1 amide bonds. The number of benzene rings is 2. The van der Waals surface area contributed by atoms with Crippen LogP contribution in [0.5, 0.6) is 11.5 Å². The molecule has 2 aliphatic rings. The SMILES string of the molecule is COc1ccc(/C=C2/C(=N)N3C(SCc4ccccc4)=NSC3=NC2=O)cc1OC. The fraction of sp³-hybridized carbons (Fsp3) is 0.143. The van der Waals surface area contributed by atoms with Crippen LogP contribution in [-0.4, -0.2) is 41.2 Å². The summed E-state index contributed by atoms with van der Waals surface area (Å²) >= 11 is 2.62. The number of ether oxygens (including phenoxy) is 2. The van der Waals surface area contributed by atoms with Crippen LogP contribution in [0.4, 0.5) is 0 Å². The summed E-state index contributed by atoms with van der Waals surface area (Å²) in [6.07, 6.45) is 1.63. The highest BCUT2D eigenvalue weighted by atomic mass is 32.2. The molecule has 2 aromatic carbocycles. The van der Waals surface area contributed by atoms with Gasteiger partial charge in [-0.15, -0.1) is 0 Å². The highest BCUT2D eigenvalue weighted by Gasteiger charge is 2.37. The summed E-state index contributed by atoms with van der Waals surface area (Å²) in [4.78, 5) is 18.3. The molecule has 2 aliphatic heterocycles. The minimum atomic E-state index is -0.460. The molecule has 0 saturated carbocycles. The number of carbonyl (C=O) groups excluding carboxylic acids is 1. The number of carbonyl (C=O) groups is 1. The highest BCUT2D eigenvalue weighted by Crippen LogP contribution is 2.34. The van der Waals surface area contributed by atoms with E-state index < -0.39 is 5.91 Å². The van der Waals surface area contributed by atoms with Gasteiger partial charge >= 0.3 is 0 Å². The smallest absolute Gasteiger partial charge is 0.283 e. The molecule has 2 heterocycles. The monoisotopic (exact) mass is 438 g/mol. The zero-order valence-electron chi connectivity index (χ0n) is 16.3. The molecule has 1 N–H and O–H groups in total. The van der Waals surface area contributed by atoms with Crippen LogP contribution in [0.3, 0.4) is 0 Å². The zero-order valence-corrected chi connectivity index (χ0v) is 17.9. The molecule has 0 radical (unpaired) electrons. The second-order valence-corrected chi connectivity index (χ2v) is 7.97. The van der Waals surface area contributed by atoms with Gasteiger partial charge in [-0.3, -0.25) is 10.2 Å². The van der Waals surface area contributed by atoms with Crippen LogP contribution in [-0.2, 0) is 10.5 Å². The van der Waals surface area contributed by atoms with E-state index in [9.17, 15) is 4.79 Å². The summed E-state index contributed by atoms with van der Waals surface area (Å²) in [7, 11) is 3.11. The molecule has 30 heavy (non-hydrogen) atoms. The molecule has 0 aliphatic carbocycles. The average molecular weight is 439 g/mol. The number of aliphatic imine (C=N–C) groups is 1. The molecule has 2 aromatic rings. The normalized spacial score (nSPS) is 17.0. The summed E-state index contributed by atoms with van der Waals surface area (Å²) in [5, 5.41) is 9.68. The summed E-state index contributed by atoms with van der Waals surface area (Å²) in [6.45, 7) is 0. The molecule has 0 atom stereocenters. The maximum Gasteiger partial charge on any atom is 0.283 e. The zero-order chi connectivity index (χ0) is 21.1. The van der Waals surface area contributed by atoms with Crippen molar-refractivity contribution in [3.8, 4) is 11.5 Å². The predicted molar refractivity (Wildman–Crippen MR) is 122 cm³/mol. The van der Waals surface area contributed by atoms with Crippen molar-refractivity contribution >= 4 is 51.9 Å². The maximum absolute atomic E-state index is 12.6. The summed E-state index contributed by atoms with van der Waals surface area (Å²) in [6, 6.07) is 15.3. The fourth-order valence-corrected chi connectivity index (χ4v) is 4.73. The molecular weight excluding hydrogens is 420 g/mol. The highest BCUT2D eigenvalue weighted by molar-refractivity contribution is 8.18. The van der Waals surface area contributed by atoms with E-state index >= 15 is 0 Å². The minimum Gasteiger partial charge on any atom is -0.493 e. The molecule has 0 fully saturated rings. The van der Waals surface area contributed by atoms with Crippen LogP contribution in [0, 0.1) is 5.41 Å². The van der Waals surface area contributed by atoms with Gasteiger partial charge in [0.2, 0.25) is 5.17 Å². The van der Waals surface area contributed by atoms with Crippen LogP contribution in [0.2, 0.25) is 0 Å². The predicted octanol–water partition coefficient (Wildman–Crippen LogP) is 4.21. The van der Waals surface area contributed by atoms with E-state index in [2.05, 4.69) is 9.39 Å². The number of hydrogen-bond donors (Lipinski definition) is 1. The van der Waals surface area contributed by atoms with Gasteiger partial charge in [-0.2, -0.15) is 9.39 Å². The van der Waals surface area contributed by atoms with Crippen LogP contribution in [0.25, 0.3) is 6.08 Å². The third-order valence-electron chi connectivity index (χ3n) is 4.42. The Hall–Kier alpha value is -3.04. The third kappa shape index (κ3) is 3.99. The second kappa shape index (κ2) is 8.76. The molecule has 7 nitrogen and oxygen atoms in total. The number of rotatable bonds is 5. The van der Waals surface area contributed by atoms with E-state index in [1.807, 2.05) is 30.3 Å². The van der Waals surface area contributed by atoms with Crippen molar-refractivity contribution in [2.45, 2.75) is 5.75 Å². The van der Waals surface area contributed by atoms with E-state index in [1.54, 1.807) is 43.4 Å². The number of amidine groups is 3. The Balaban J connectivity index is 1.59. The quantitative estimate of drug-likeness (QED) is 0.556. The first kappa shape index (κ1) is 20.2. The Morgan fingerprint density at radius 1 is 1.13 bits per heavy atom. The second-order valence-electron chi connectivity index (χ2n) is 6.30. The van der Waals surface area contributed by atoms with Gasteiger partial charge in [-0.05, 0) is 29.3 Å². The first-order valence-corrected chi connectivity index (χ1v) is 10.7. The Morgan fingerprint density at radius 2 is 1.90 bits per heavy atom. The van der Waals surface area contributed by atoms with Gasteiger partial charge in [0.25, 0.3) is 5.91 Å². The van der Waals surface area contributed by atoms with E-state index in [0.29, 0.717) is 33.2 Å². The van der Waals surface area contributed by atoms with Crippen LogP contribution in [0.15, 0.2) is 63.5 Å². The first-order valence-electron chi connectivity index (χ1n) is 8.98. The minimum absolute atomic E-state index is 0.0593. The molecule has 152 valence electrons. The molecular formula is C21H18N4O3S2. The van der Waals surface area contributed by atoms with Crippen molar-refractivity contribution in [3.63, 3.8) is 0 Å². The Kier molecular flexibility index (Phi) is 5.91. The van der Waals surface area contributed by atoms with Gasteiger partial charge < -0.3 is 9.47 Å². The van der Waals surface area contributed by atoms with Gasteiger partial charge in [-0.25, -0.2) is 4.90 Å². The van der Waals surface area contributed by atoms with Crippen LogP contribution in [0.1, 0.15) is 11.1 Å². The van der Waals surface area contributed by atoms with Crippen molar-refractivity contribution in [1.82, 2.24) is 4.90 Å². The lowest BCUT2D eigenvalue weighted by Gasteiger charge is -2.24. The van der Waals surface area contributed by atoms with E-state index in [4.69, 9.17) is 14.9 Å². The first-order chi connectivity index (χ1) is 14.6. The van der Waals surface area contributed by atoms with Crippen molar-refractivity contribution in [2.75, 3.05) is 14.2 Å². The Morgan fingerprint density at radius 3 is 2.63 bits per heavy atom. The van der Waals surface area contributed by atoms with E-state index in [0.717, 1.165) is 17.5 Å². The summed E-state index contributed by atoms with van der Waals surface area (Å²) in [5.41, 5.74) is 2.06. The maximum atomic E-state index is 12.6. The van der Waals surface area contributed by atoms with Crippen molar-refractivity contribution in [2.24, 2.45) is 9.39 Å². The number of thioether (sulfide) groups is 1. The number of amides is 1. The molecule has 0 saturated heterocycles. The molecule has 9 heteroatoms. The Labute approximate surface area is 182 Å². The largest absolute Gasteiger partial charge is 0.493 e. The summed E-state index contributed by atoms with van der Waals surface area (Å²) in [5.74, 6) is 1.44. The number of hydrogen-bond acceptors (Lipinski definition) is 7. The average Bonchev–Trinajstić information content (AvgIpc) is 3.18. The lowest BCUT2D eigenvalue weighted by atomic mass is 10.1. The Bertz CT molecular complexity index is 1100. The van der Waals surface area contributed by atoms with E-state index in [-0.39, 0.29) is 11.4 Å². The van der Waals surface area contributed by atoms with Gasteiger partial charge in [-0.1, -0.05) is 48.2 Å². The van der Waals surface area contributed by atoms with Crippen molar-refractivity contribution in [1.29, 1.82) is 5.41 Å². The van der Waals surface area contributed by atoms with E-state index in [1.165, 1.54) is 11.8 Å². The lowest BCUT2D eigenvalue weighted by Crippen LogP contribution is -2.41. The molecule has 4 rings (SSSR count). The van der Waals surface area contributed by atoms with Crippen molar-refractivity contribution < 1.29 is 14.3 Å². The molecule has 0 unspecified atom stereocenters. The van der Waals surface area contributed by atoms with Gasteiger partial charge in [0, 0.05) is 5.75 Å². The third-order valence-corrected chi connectivity index (χ3v) is 6.25. The number of nitrogens with zero attached hydrogens (tertiary/aromatic N) is 3. The lowest BCUT2D eigenvalue weighted by molar-refractivity contribution is -0.114. The summed E-state index contributed by atoms with van der Waals surface area (Å²) < 4.78 is 15.0. The molecule has 0 bridgehead atoms. The molecule has 0 aromatic heterocycles. The van der Waals surface area contributed by atoms with Gasteiger partial charge in [0.15, 0.2) is 16.7 Å². The number of methoxy groups -OCH3 is 2. The van der Waals surface area contributed by atoms with Gasteiger partial charge in [0.05, 0.1) is 31.7 Å².